The zero-order valence-corrected chi connectivity index (χ0v) is 14.4. The molecule has 0 aliphatic carbocycles. The predicted molar refractivity (Wildman–Crippen MR) is 93.1 cm³/mol. The van der Waals surface area contributed by atoms with Crippen LogP contribution < -0.4 is 10.2 Å². The standard InChI is InChI=1S/C17H25N3O.ClH/c1-19(2)15-6-4-5-12(9-15)17(21)20(3)16-10-13-7-8-14(11-16)18-13;/h4-6,9,13-14,16,18H,7-8,10-11H2,1-3H3;1H. The molecule has 2 bridgehead atoms. The maximum atomic E-state index is 12.7. The molecule has 1 N–H and O–H groups in total. The molecule has 2 aliphatic heterocycles. The van der Waals surface area contributed by atoms with Gasteiger partial charge in [-0.1, -0.05) is 6.07 Å². The summed E-state index contributed by atoms with van der Waals surface area (Å²) in [5, 5.41) is 3.63. The first-order valence-corrected chi connectivity index (χ1v) is 7.85. The van der Waals surface area contributed by atoms with Crippen LogP contribution in [0, 0.1) is 0 Å². The molecule has 0 radical (unpaired) electrons. The van der Waals surface area contributed by atoms with E-state index in [9.17, 15) is 4.79 Å². The second kappa shape index (κ2) is 6.88. The summed E-state index contributed by atoms with van der Waals surface area (Å²) in [6.45, 7) is 0. The van der Waals surface area contributed by atoms with E-state index in [4.69, 9.17) is 0 Å². The average Bonchev–Trinajstić information content (AvgIpc) is 2.84. The molecule has 2 unspecified atom stereocenters. The van der Waals surface area contributed by atoms with Crippen molar-refractivity contribution in [1.29, 1.82) is 0 Å². The Hall–Kier alpha value is -1.26. The number of amides is 1. The smallest absolute Gasteiger partial charge is 0.253 e. The molecule has 1 aromatic rings. The van der Waals surface area contributed by atoms with Gasteiger partial charge >= 0.3 is 0 Å². The number of benzene rings is 1. The van der Waals surface area contributed by atoms with Crippen molar-refractivity contribution in [3.05, 3.63) is 29.8 Å². The number of carbonyl (C=O) groups excluding carboxylic acids is 1. The molecule has 4 nitrogen and oxygen atoms in total. The van der Waals surface area contributed by atoms with Crippen molar-refractivity contribution in [1.82, 2.24) is 10.2 Å². The molecule has 5 heteroatoms. The topological polar surface area (TPSA) is 35.6 Å². The lowest BCUT2D eigenvalue weighted by Crippen LogP contribution is -2.48. The number of carbonyl (C=O) groups is 1. The minimum atomic E-state index is 0. The quantitative estimate of drug-likeness (QED) is 0.928. The highest BCUT2D eigenvalue weighted by atomic mass is 35.5. The fourth-order valence-corrected chi connectivity index (χ4v) is 3.63. The number of hydrogen-bond acceptors (Lipinski definition) is 3. The summed E-state index contributed by atoms with van der Waals surface area (Å²) in [4.78, 5) is 16.7. The summed E-state index contributed by atoms with van der Waals surface area (Å²) in [5.74, 6) is 0.144. The Morgan fingerprint density at radius 3 is 2.36 bits per heavy atom. The highest BCUT2D eigenvalue weighted by Crippen LogP contribution is 2.30. The van der Waals surface area contributed by atoms with Gasteiger partial charge < -0.3 is 15.1 Å². The summed E-state index contributed by atoms with van der Waals surface area (Å²) in [5.41, 5.74) is 1.86. The van der Waals surface area contributed by atoms with Crippen LogP contribution in [-0.4, -0.2) is 50.1 Å². The molecule has 2 atom stereocenters. The first-order valence-electron chi connectivity index (χ1n) is 7.85. The molecule has 0 spiro atoms. The molecule has 2 fully saturated rings. The van der Waals surface area contributed by atoms with E-state index >= 15 is 0 Å². The lowest BCUT2D eigenvalue weighted by molar-refractivity contribution is 0.0682. The number of halogens is 1. The van der Waals surface area contributed by atoms with Gasteiger partial charge in [0.05, 0.1) is 0 Å². The molecule has 3 rings (SSSR count). The Balaban J connectivity index is 0.00000176. The fraction of sp³-hybridized carbons (Fsp3) is 0.588. The summed E-state index contributed by atoms with van der Waals surface area (Å²) in [6.07, 6.45) is 4.71. The van der Waals surface area contributed by atoms with E-state index in [0.29, 0.717) is 18.1 Å². The maximum absolute atomic E-state index is 12.7. The summed E-state index contributed by atoms with van der Waals surface area (Å²) in [6, 6.07) is 9.48. The van der Waals surface area contributed by atoms with E-state index in [-0.39, 0.29) is 18.3 Å². The first-order chi connectivity index (χ1) is 10.0. The molecule has 0 saturated carbocycles. The third-order valence-corrected chi connectivity index (χ3v) is 4.93. The third kappa shape index (κ3) is 3.39. The van der Waals surface area contributed by atoms with Crippen molar-refractivity contribution in [3.8, 4) is 0 Å². The lowest BCUT2D eigenvalue weighted by atomic mass is 9.98. The van der Waals surface area contributed by atoms with Gasteiger partial charge in [0.15, 0.2) is 0 Å². The minimum absolute atomic E-state index is 0. The molecular formula is C17H26ClN3O. The van der Waals surface area contributed by atoms with Crippen molar-refractivity contribution in [3.63, 3.8) is 0 Å². The zero-order chi connectivity index (χ0) is 15.0. The highest BCUT2D eigenvalue weighted by molar-refractivity contribution is 5.95. The van der Waals surface area contributed by atoms with E-state index in [1.165, 1.54) is 12.8 Å². The highest BCUT2D eigenvalue weighted by Gasteiger charge is 2.36. The Bertz CT molecular complexity index is 522. The normalized spacial score (nSPS) is 26.2. The molecule has 2 aliphatic rings. The predicted octanol–water partition coefficient (Wildman–Crippen LogP) is 2.53. The number of fused-ring (bicyclic) bond motifs is 2. The van der Waals surface area contributed by atoms with E-state index < -0.39 is 0 Å². The number of anilines is 1. The van der Waals surface area contributed by atoms with Crippen molar-refractivity contribution in [2.75, 3.05) is 26.0 Å². The van der Waals surface area contributed by atoms with Gasteiger partial charge in [0, 0.05) is 50.5 Å². The van der Waals surface area contributed by atoms with Crippen molar-refractivity contribution < 1.29 is 4.79 Å². The molecular weight excluding hydrogens is 298 g/mol. The second-order valence-corrected chi connectivity index (χ2v) is 6.62. The number of nitrogens with one attached hydrogen (secondary N) is 1. The molecule has 22 heavy (non-hydrogen) atoms. The Morgan fingerprint density at radius 2 is 1.77 bits per heavy atom. The van der Waals surface area contributed by atoms with Crippen LogP contribution in [0.4, 0.5) is 5.69 Å². The van der Waals surface area contributed by atoms with Gasteiger partial charge in [-0.25, -0.2) is 0 Å². The molecule has 0 aromatic heterocycles. The molecule has 2 heterocycles. The third-order valence-electron chi connectivity index (χ3n) is 4.93. The monoisotopic (exact) mass is 323 g/mol. The number of piperidine rings is 1. The number of nitrogens with zero attached hydrogens (tertiary/aromatic N) is 2. The maximum Gasteiger partial charge on any atom is 0.253 e. The van der Waals surface area contributed by atoms with E-state index in [1.54, 1.807) is 0 Å². The van der Waals surface area contributed by atoms with E-state index in [0.717, 1.165) is 24.1 Å². The van der Waals surface area contributed by atoms with Gasteiger partial charge in [-0.15, -0.1) is 12.4 Å². The van der Waals surface area contributed by atoms with Gasteiger partial charge in [-0.2, -0.15) is 0 Å². The van der Waals surface area contributed by atoms with Crippen LogP contribution in [0.1, 0.15) is 36.0 Å². The first kappa shape index (κ1) is 17.1. The van der Waals surface area contributed by atoms with Gasteiger partial charge in [0.2, 0.25) is 0 Å². The van der Waals surface area contributed by atoms with Crippen LogP contribution in [0.15, 0.2) is 24.3 Å². The van der Waals surface area contributed by atoms with Gasteiger partial charge in [-0.05, 0) is 43.9 Å². The van der Waals surface area contributed by atoms with Gasteiger partial charge in [0.1, 0.15) is 0 Å². The van der Waals surface area contributed by atoms with Crippen LogP contribution >= 0.6 is 12.4 Å². The molecule has 2 saturated heterocycles. The Labute approximate surface area is 139 Å². The molecule has 122 valence electrons. The number of hydrogen-bond donors (Lipinski definition) is 1. The van der Waals surface area contributed by atoms with Crippen LogP contribution in [0.3, 0.4) is 0 Å². The van der Waals surface area contributed by atoms with Gasteiger partial charge in [-0.3, -0.25) is 4.79 Å². The average molecular weight is 324 g/mol. The van der Waals surface area contributed by atoms with Crippen LogP contribution in [0.5, 0.6) is 0 Å². The van der Waals surface area contributed by atoms with Crippen molar-refractivity contribution >= 4 is 24.0 Å². The van der Waals surface area contributed by atoms with Crippen LogP contribution in [0.25, 0.3) is 0 Å². The van der Waals surface area contributed by atoms with Crippen LogP contribution in [-0.2, 0) is 0 Å². The lowest BCUT2D eigenvalue weighted by Gasteiger charge is -2.35. The fourth-order valence-electron chi connectivity index (χ4n) is 3.63. The molecule has 1 amide bonds. The summed E-state index contributed by atoms with van der Waals surface area (Å²) < 4.78 is 0. The largest absolute Gasteiger partial charge is 0.378 e. The van der Waals surface area contributed by atoms with Crippen LogP contribution in [0.2, 0.25) is 0 Å². The summed E-state index contributed by atoms with van der Waals surface area (Å²) in [7, 11) is 5.95. The van der Waals surface area contributed by atoms with E-state index in [2.05, 4.69) is 5.32 Å². The second-order valence-electron chi connectivity index (χ2n) is 6.62. The Kier molecular flexibility index (Phi) is 5.35. The van der Waals surface area contributed by atoms with Gasteiger partial charge in [0.25, 0.3) is 5.91 Å². The van der Waals surface area contributed by atoms with E-state index in [1.807, 2.05) is 55.2 Å². The van der Waals surface area contributed by atoms with Crippen molar-refractivity contribution in [2.24, 2.45) is 0 Å². The Morgan fingerprint density at radius 1 is 1.14 bits per heavy atom. The minimum Gasteiger partial charge on any atom is -0.378 e. The summed E-state index contributed by atoms with van der Waals surface area (Å²) >= 11 is 0. The SMILES string of the molecule is CN(C)c1cccc(C(=O)N(C)C2CC3CCC(C2)N3)c1.Cl. The van der Waals surface area contributed by atoms with Crippen molar-refractivity contribution in [2.45, 2.75) is 43.8 Å². The molecule has 1 aromatic carbocycles. The zero-order valence-electron chi connectivity index (χ0n) is 13.6. The number of rotatable bonds is 3.